The number of aromatic nitrogens is 1. The molecule has 0 aliphatic heterocycles. The van der Waals surface area contributed by atoms with Crippen molar-refractivity contribution in [2.45, 2.75) is 33.7 Å². The van der Waals surface area contributed by atoms with Crippen LogP contribution in [0.25, 0.3) is 0 Å². The number of likely N-dealkylation sites (N-methyl/N-ethyl adjacent to an activating group) is 1. The highest BCUT2D eigenvalue weighted by Gasteiger charge is 2.25. The summed E-state index contributed by atoms with van der Waals surface area (Å²) in [6, 6.07) is -0.556. The maximum Gasteiger partial charge on any atom is 0.245 e. The summed E-state index contributed by atoms with van der Waals surface area (Å²) in [5.74, 6) is -0.160. The Balaban J connectivity index is 2.97. The Morgan fingerprint density at radius 3 is 2.33 bits per heavy atom. The fourth-order valence-corrected chi connectivity index (χ4v) is 2.38. The van der Waals surface area contributed by atoms with Crippen LogP contribution in [0, 0.1) is 12.8 Å². The molecule has 0 radical (unpaired) electrons. The van der Waals surface area contributed by atoms with Gasteiger partial charge in [0.1, 0.15) is 0 Å². The van der Waals surface area contributed by atoms with Gasteiger partial charge in [-0.1, -0.05) is 25.2 Å². The van der Waals surface area contributed by atoms with Crippen LogP contribution < -0.4 is 10.6 Å². The Kier molecular flexibility index (Phi) is 4.59. The summed E-state index contributed by atoms with van der Waals surface area (Å²) in [5, 5.41) is 0.513. The zero-order chi connectivity index (χ0) is 14.0. The van der Waals surface area contributed by atoms with E-state index in [1.54, 1.807) is 14.0 Å². The topological polar surface area (TPSA) is 76.3 Å². The number of ketones is 1. The van der Waals surface area contributed by atoms with Gasteiger partial charge in [0.2, 0.25) is 5.91 Å². The van der Waals surface area contributed by atoms with Gasteiger partial charge in [-0.25, -0.2) is 4.98 Å². The number of hydrogen-bond acceptors (Lipinski definition) is 5. The predicted molar refractivity (Wildman–Crippen MR) is 73.1 cm³/mol. The Hall–Kier alpha value is -1.27. The number of hydrogen-bond donors (Lipinski definition) is 1. The first kappa shape index (κ1) is 14.8. The molecule has 0 saturated carbocycles. The summed E-state index contributed by atoms with van der Waals surface area (Å²) >= 11 is 1.22. The normalized spacial score (nSPS) is 12.6. The minimum absolute atomic E-state index is 0.0368. The van der Waals surface area contributed by atoms with Crippen molar-refractivity contribution in [2.75, 3.05) is 11.9 Å². The van der Waals surface area contributed by atoms with Crippen molar-refractivity contribution in [2.24, 2.45) is 11.7 Å². The van der Waals surface area contributed by atoms with E-state index in [2.05, 4.69) is 4.98 Å². The Labute approximate surface area is 111 Å². The van der Waals surface area contributed by atoms with Crippen LogP contribution in [0.1, 0.15) is 36.1 Å². The number of Topliss-reactive ketones (excluding diaryl/α,β-unsaturated/α-hetero) is 1. The van der Waals surface area contributed by atoms with E-state index in [0.29, 0.717) is 15.7 Å². The van der Waals surface area contributed by atoms with E-state index < -0.39 is 6.04 Å². The molecule has 100 valence electrons. The van der Waals surface area contributed by atoms with Gasteiger partial charge in [-0.3, -0.25) is 14.5 Å². The third-order valence-electron chi connectivity index (χ3n) is 2.73. The third kappa shape index (κ3) is 2.94. The number of thiazole rings is 1. The standard InChI is InChI=1S/C12H19N3O2S/c1-6(2)9(13)11(17)15(5)12-14-7(3)10(18-12)8(4)16/h6,9H,13H2,1-5H3. The molecule has 18 heavy (non-hydrogen) atoms. The van der Waals surface area contributed by atoms with Crippen LogP contribution in [0.3, 0.4) is 0 Å². The van der Waals surface area contributed by atoms with Crippen molar-refractivity contribution >= 4 is 28.2 Å². The average molecular weight is 269 g/mol. The lowest BCUT2D eigenvalue weighted by atomic mass is 10.0. The van der Waals surface area contributed by atoms with E-state index in [-0.39, 0.29) is 17.6 Å². The van der Waals surface area contributed by atoms with Gasteiger partial charge in [0.15, 0.2) is 10.9 Å². The quantitative estimate of drug-likeness (QED) is 0.842. The molecule has 1 rings (SSSR count). The lowest BCUT2D eigenvalue weighted by Crippen LogP contribution is -2.45. The molecule has 1 heterocycles. The zero-order valence-electron chi connectivity index (χ0n) is 11.4. The smallest absolute Gasteiger partial charge is 0.245 e. The number of carbonyl (C=O) groups excluding carboxylic acids is 2. The molecule has 0 spiro atoms. The molecule has 0 fully saturated rings. The first-order valence-corrected chi connectivity index (χ1v) is 6.58. The number of carbonyl (C=O) groups is 2. The Morgan fingerprint density at radius 1 is 1.39 bits per heavy atom. The molecule has 5 nitrogen and oxygen atoms in total. The van der Waals surface area contributed by atoms with E-state index in [1.807, 2.05) is 13.8 Å². The number of rotatable bonds is 4. The molecule has 2 N–H and O–H groups in total. The molecule has 0 aliphatic carbocycles. The van der Waals surface area contributed by atoms with Gasteiger partial charge >= 0.3 is 0 Å². The van der Waals surface area contributed by atoms with Crippen LogP contribution in [0.2, 0.25) is 0 Å². The molecule has 6 heteroatoms. The van der Waals surface area contributed by atoms with Crippen molar-refractivity contribution in [3.8, 4) is 0 Å². The molecular weight excluding hydrogens is 250 g/mol. The van der Waals surface area contributed by atoms with Gasteiger partial charge in [0.25, 0.3) is 0 Å². The highest BCUT2D eigenvalue weighted by Crippen LogP contribution is 2.26. The largest absolute Gasteiger partial charge is 0.320 e. The second kappa shape index (κ2) is 5.58. The minimum atomic E-state index is -0.556. The van der Waals surface area contributed by atoms with Crippen molar-refractivity contribution in [3.05, 3.63) is 10.6 Å². The molecule has 0 aromatic carbocycles. The number of aryl methyl sites for hydroxylation is 1. The summed E-state index contributed by atoms with van der Waals surface area (Å²) in [7, 11) is 1.63. The van der Waals surface area contributed by atoms with Gasteiger partial charge in [0, 0.05) is 14.0 Å². The number of amides is 1. The van der Waals surface area contributed by atoms with Gasteiger partial charge in [-0.2, -0.15) is 0 Å². The fourth-order valence-electron chi connectivity index (χ4n) is 1.46. The highest BCUT2D eigenvalue weighted by molar-refractivity contribution is 7.17. The van der Waals surface area contributed by atoms with Crippen LogP contribution in [0.15, 0.2) is 0 Å². The molecule has 1 unspecified atom stereocenters. The molecule has 1 atom stereocenters. The lowest BCUT2D eigenvalue weighted by Gasteiger charge is -2.21. The number of nitrogens with zero attached hydrogens (tertiary/aromatic N) is 2. The lowest BCUT2D eigenvalue weighted by molar-refractivity contribution is -0.120. The highest BCUT2D eigenvalue weighted by atomic mass is 32.1. The van der Waals surface area contributed by atoms with Gasteiger partial charge in [-0.05, 0) is 12.8 Å². The molecular formula is C12H19N3O2S. The van der Waals surface area contributed by atoms with Gasteiger partial charge < -0.3 is 5.73 Å². The van der Waals surface area contributed by atoms with Crippen LogP contribution in [-0.4, -0.2) is 29.8 Å². The molecule has 0 aliphatic rings. The van der Waals surface area contributed by atoms with Crippen LogP contribution in [0.4, 0.5) is 5.13 Å². The first-order valence-electron chi connectivity index (χ1n) is 5.77. The van der Waals surface area contributed by atoms with Crippen LogP contribution in [0.5, 0.6) is 0 Å². The molecule has 1 amide bonds. The van der Waals surface area contributed by atoms with Crippen molar-refractivity contribution in [1.82, 2.24) is 4.98 Å². The molecule has 1 aromatic rings. The summed E-state index contributed by atoms with van der Waals surface area (Å²) in [6.07, 6.45) is 0. The Morgan fingerprint density at radius 2 is 1.94 bits per heavy atom. The number of nitrogens with two attached hydrogens (primary N) is 1. The van der Waals surface area contributed by atoms with E-state index in [4.69, 9.17) is 5.73 Å². The number of anilines is 1. The van der Waals surface area contributed by atoms with Crippen molar-refractivity contribution in [3.63, 3.8) is 0 Å². The van der Waals surface area contributed by atoms with Crippen molar-refractivity contribution < 1.29 is 9.59 Å². The van der Waals surface area contributed by atoms with E-state index in [1.165, 1.54) is 23.2 Å². The SMILES string of the molecule is CC(=O)c1sc(N(C)C(=O)C(N)C(C)C)nc1C. The minimum Gasteiger partial charge on any atom is -0.320 e. The summed E-state index contributed by atoms with van der Waals surface area (Å²) < 4.78 is 0. The van der Waals surface area contributed by atoms with Crippen LogP contribution >= 0.6 is 11.3 Å². The monoisotopic (exact) mass is 269 g/mol. The maximum absolute atomic E-state index is 12.1. The maximum atomic E-state index is 12.1. The summed E-state index contributed by atoms with van der Waals surface area (Å²) in [6.45, 7) is 7.04. The van der Waals surface area contributed by atoms with E-state index in [9.17, 15) is 9.59 Å². The second-order valence-electron chi connectivity index (χ2n) is 4.63. The van der Waals surface area contributed by atoms with E-state index in [0.717, 1.165) is 0 Å². The van der Waals surface area contributed by atoms with Gasteiger partial charge in [-0.15, -0.1) is 0 Å². The van der Waals surface area contributed by atoms with Crippen LogP contribution in [-0.2, 0) is 4.79 Å². The first-order chi connectivity index (χ1) is 8.25. The molecule has 0 bridgehead atoms. The van der Waals surface area contributed by atoms with Gasteiger partial charge in [0.05, 0.1) is 16.6 Å². The fraction of sp³-hybridized carbons (Fsp3) is 0.583. The average Bonchev–Trinajstić information content (AvgIpc) is 2.68. The van der Waals surface area contributed by atoms with Crippen molar-refractivity contribution in [1.29, 1.82) is 0 Å². The summed E-state index contributed by atoms with van der Waals surface area (Å²) in [4.78, 5) is 29.7. The Bertz CT molecular complexity index is 468. The summed E-state index contributed by atoms with van der Waals surface area (Å²) in [5.41, 5.74) is 6.47. The second-order valence-corrected chi connectivity index (χ2v) is 5.61. The third-order valence-corrected chi connectivity index (χ3v) is 4.06. The zero-order valence-corrected chi connectivity index (χ0v) is 12.2. The predicted octanol–water partition coefficient (Wildman–Crippen LogP) is 1.60. The van der Waals surface area contributed by atoms with E-state index >= 15 is 0 Å². The molecule has 0 saturated heterocycles. The molecule has 1 aromatic heterocycles.